The second-order valence-electron chi connectivity index (χ2n) is 7.08. The van der Waals surface area contributed by atoms with Crippen LogP contribution in [0.2, 0.25) is 10.0 Å². The molecule has 0 aliphatic heterocycles. The summed E-state index contributed by atoms with van der Waals surface area (Å²) in [6.45, 7) is 0.948. The van der Waals surface area contributed by atoms with Crippen molar-refractivity contribution < 1.29 is 0 Å². The van der Waals surface area contributed by atoms with Crippen molar-refractivity contribution in [2.45, 2.75) is 32.1 Å². The van der Waals surface area contributed by atoms with Gasteiger partial charge in [-0.15, -0.1) is 0 Å². The normalized spacial score (nSPS) is 15.0. The molecule has 1 heterocycles. The van der Waals surface area contributed by atoms with Crippen molar-refractivity contribution in [2.24, 2.45) is 5.92 Å². The molecule has 0 spiro atoms. The van der Waals surface area contributed by atoms with Crippen molar-refractivity contribution in [1.29, 1.82) is 0 Å². The zero-order valence-corrected chi connectivity index (χ0v) is 16.5. The first-order valence-electron chi connectivity index (χ1n) is 9.41. The van der Waals surface area contributed by atoms with Gasteiger partial charge in [0.05, 0.1) is 5.52 Å². The summed E-state index contributed by atoms with van der Waals surface area (Å²) < 4.78 is 0. The molecule has 2 N–H and O–H groups in total. The highest BCUT2D eigenvalue weighted by molar-refractivity contribution is 6.35. The monoisotopic (exact) mass is 400 g/mol. The molecule has 1 aromatic heterocycles. The molecule has 3 aromatic rings. The van der Waals surface area contributed by atoms with Crippen molar-refractivity contribution in [2.75, 3.05) is 17.2 Å². The predicted molar refractivity (Wildman–Crippen MR) is 114 cm³/mol. The summed E-state index contributed by atoms with van der Waals surface area (Å²) in [6, 6.07) is 13.4. The Bertz CT molecular complexity index is 918. The van der Waals surface area contributed by atoms with Crippen LogP contribution in [0.1, 0.15) is 32.1 Å². The van der Waals surface area contributed by atoms with E-state index in [0.717, 1.165) is 34.9 Å². The molecular weight excluding hydrogens is 379 g/mol. The summed E-state index contributed by atoms with van der Waals surface area (Å²) in [6.07, 6.45) is 6.62. The Balaban J connectivity index is 1.61. The number of hydrogen-bond acceptors (Lipinski definition) is 4. The van der Waals surface area contributed by atoms with E-state index in [-0.39, 0.29) is 0 Å². The van der Waals surface area contributed by atoms with Crippen LogP contribution in [0.25, 0.3) is 10.9 Å². The number of rotatable bonds is 5. The fraction of sp³-hybridized carbons (Fsp3) is 0.333. The third-order valence-corrected chi connectivity index (χ3v) is 5.44. The van der Waals surface area contributed by atoms with Gasteiger partial charge in [0.2, 0.25) is 5.95 Å². The molecule has 1 saturated carbocycles. The number of nitrogens with one attached hydrogen (secondary N) is 2. The van der Waals surface area contributed by atoms with Crippen LogP contribution in [0.3, 0.4) is 0 Å². The maximum absolute atomic E-state index is 6.10. The van der Waals surface area contributed by atoms with Gasteiger partial charge in [0.25, 0.3) is 0 Å². The van der Waals surface area contributed by atoms with Crippen molar-refractivity contribution in [3.05, 3.63) is 52.5 Å². The fourth-order valence-electron chi connectivity index (χ4n) is 3.65. The van der Waals surface area contributed by atoms with Crippen LogP contribution in [0.4, 0.5) is 17.5 Å². The molecular formula is C21H22Cl2N4. The van der Waals surface area contributed by atoms with E-state index in [0.29, 0.717) is 16.0 Å². The number of hydrogen-bond donors (Lipinski definition) is 2. The van der Waals surface area contributed by atoms with Gasteiger partial charge in [-0.05, 0) is 49.1 Å². The zero-order valence-electron chi connectivity index (χ0n) is 15.0. The summed E-state index contributed by atoms with van der Waals surface area (Å²) in [5.74, 6) is 2.11. The summed E-state index contributed by atoms with van der Waals surface area (Å²) in [7, 11) is 0. The standard InChI is InChI=1S/C21H22Cl2N4/c22-15-10-16(23)12-17(11-15)25-21-26-19-9-5-4-8-18(19)20(27-21)24-13-14-6-2-1-3-7-14/h4-5,8-12,14H,1-3,6-7,13H2,(H2,24,25,26,27). The minimum absolute atomic E-state index is 0.526. The molecule has 2 aromatic carbocycles. The van der Waals surface area contributed by atoms with E-state index in [2.05, 4.69) is 21.7 Å². The van der Waals surface area contributed by atoms with E-state index in [1.165, 1.54) is 32.1 Å². The van der Waals surface area contributed by atoms with Crippen molar-refractivity contribution in [3.8, 4) is 0 Å². The average Bonchev–Trinajstić information content (AvgIpc) is 2.66. The second-order valence-corrected chi connectivity index (χ2v) is 7.95. The molecule has 140 valence electrons. The highest BCUT2D eigenvalue weighted by Crippen LogP contribution is 2.28. The summed E-state index contributed by atoms with van der Waals surface area (Å²) in [5, 5.41) is 8.96. The molecule has 0 saturated heterocycles. The number of anilines is 3. The Labute approximate surface area is 169 Å². The van der Waals surface area contributed by atoms with Gasteiger partial charge in [0.15, 0.2) is 0 Å². The minimum Gasteiger partial charge on any atom is -0.369 e. The lowest BCUT2D eigenvalue weighted by molar-refractivity contribution is 0.373. The SMILES string of the molecule is Clc1cc(Cl)cc(Nc2nc(NCC3CCCCC3)c3ccccc3n2)c1. The molecule has 6 heteroatoms. The first-order valence-corrected chi connectivity index (χ1v) is 10.2. The van der Waals surface area contributed by atoms with Crippen molar-refractivity contribution in [1.82, 2.24) is 9.97 Å². The average molecular weight is 401 g/mol. The molecule has 0 unspecified atom stereocenters. The Morgan fingerprint density at radius 1 is 0.926 bits per heavy atom. The van der Waals surface area contributed by atoms with E-state index in [1.807, 2.05) is 18.2 Å². The van der Waals surface area contributed by atoms with Crippen LogP contribution >= 0.6 is 23.2 Å². The first kappa shape index (κ1) is 18.3. The third-order valence-electron chi connectivity index (χ3n) is 5.00. The van der Waals surface area contributed by atoms with E-state index in [1.54, 1.807) is 18.2 Å². The second kappa shape index (κ2) is 8.32. The smallest absolute Gasteiger partial charge is 0.229 e. The van der Waals surface area contributed by atoms with Crippen LogP contribution in [-0.4, -0.2) is 16.5 Å². The zero-order chi connectivity index (χ0) is 18.6. The lowest BCUT2D eigenvalue weighted by atomic mass is 9.89. The topological polar surface area (TPSA) is 49.8 Å². The quantitative estimate of drug-likeness (QED) is 0.501. The van der Waals surface area contributed by atoms with E-state index < -0.39 is 0 Å². The Morgan fingerprint density at radius 3 is 2.44 bits per heavy atom. The third kappa shape index (κ3) is 4.63. The Morgan fingerprint density at radius 2 is 1.67 bits per heavy atom. The molecule has 4 rings (SSSR count). The number of aromatic nitrogens is 2. The molecule has 4 nitrogen and oxygen atoms in total. The summed E-state index contributed by atoms with van der Waals surface area (Å²) >= 11 is 12.2. The van der Waals surface area contributed by atoms with Crippen molar-refractivity contribution in [3.63, 3.8) is 0 Å². The van der Waals surface area contributed by atoms with Crippen LogP contribution < -0.4 is 10.6 Å². The van der Waals surface area contributed by atoms with Crippen LogP contribution in [0.15, 0.2) is 42.5 Å². The highest BCUT2D eigenvalue weighted by Gasteiger charge is 2.15. The largest absolute Gasteiger partial charge is 0.369 e. The molecule has 27 heavy (non-hydrogen) atoms. The molecule has 0 atom stereocenters. The first-order chi connectivity index (χ1) is 13.2. The molecule has 0 amide bonds. The van der Waals surface area contributed by atoms with Gasteiger partial charge in [0.1, 0.15) is 5.82 Å². The van der Waals surface area contributed by atoms with Gasteiger partial charge in [-0.1, -0.05) is 54.6 Å². The maximum Gasteiger partial charge on any atom is 0.229 e. The molecule has 0 radical (unpaired) electrons. The summed E-state index contributed by atoms with van der Waals surface area (Å²) in [4.78, 5) is 9.36. The van der Waals surface area contributed by atoms with Crippen LogP contribution in [-0.2, 0) is 0 Å². The van der Waals surface area contributed by atoms with Gasteiger partial charge in [-0.2, -0.15) is 4.98 Å². The minimum atomic E-state index is 0.526. The molecule has 1 aliphatic carbocycles. The number of benzene rings is 2. The lowest BCUT2D eigenvalue weighted by Gasteiger charge is -2.22. The summed E-state index contributed by atoms with van der Waals surface area (Å²) in [5.41, 5.74) is 1.66. The predicted octanol–water partition coefficient (Wildman–Crippen LogP) is 6.67. The van der Waals surface area contributed by atoms with Crippen LogP contribution in [0, 0.1) is 5.92 Å². The van der Waals surface area contributed by atoms with Gasteiger partial charge >= 0.3 is 0 Å². The maximum atomic E-state index is 6.10. The van der Waals surface area contributed by atoms with Gasteiger partial charge < -0.3 is 10.6 Å². The van der Waals surface area contributed by atoms with Gasteiger partial charge in [-0.25, -0.2) is 4.98 Å². The number of fused-ring (bicyclic) bond motifs is 1. The van der Waals surface area contributed by atoms with E-state index in [9.17, 15) is 0 Å². The Kier molecular flexibility index (Phi) is 5.65. The number of nitrogens with zero attached hydrogens (tertiary/aromatic N) is 2. The lowest BCUT2D eigenvalue weighted by Crippen LogP contribution is -2.18. The highest BCUT2D eigenvalue weighted by atomic mass is 35.5. The van der Waals surface area contributed by atoms with E-state index in [4.69, 9.17) is 28.2 Å². The molecule has 1 aliphatic rings. The number of halogens is 2. The van der Waals surface area contributed by atoms with Gasteiger partial charge in [0, 0.05) is 27.7 Å². The van der Waals surface area contributed by atoms with Crippen LogP contribution in [0.5, 0.6) is 0 Å². The van der Waals surface area contributed by atoms with E-state index >= 15 is 0 Å². The van der Waals surface area contributed by atoms with Crippen molar-refractivity contribution >= 4 is 51.6 Å². The fourth-order valence-corrected chi connectivity index (χ4v) is 4.18. The molecule has 0 bridgehead atoms. The number of para-hydroxylation sites is 1. The Hall–Kier alpha value is -2.04. The molecule has 1 fully saturated rings. The van der Waals surface area contributed by atoms with Gasteiger partial charge in [-0.3, -0.25) is 0 Å².